The maximum absolute atomic E-state index is 12.9. The highest BCUT2D eigenvalue weighted by atomic mass is 32.2. The van der Waals surface area contributed by atoms with Gasteiger partial charge in [-0.2, -0.15) is 4.31 Å². The summed E-state index contributed by atoms with van der Waals surface area (Å²) in [5.41, 5.74) is 2.50. The summed E-state index contributed by atoms with van der Waals surface area (Å²) in [6, 6.07) is 14.9. The van der Waals surface area contributed by atoms with Crippen LogP contribution in [0.3, 0.4) is 0 Å². The Morgan fingerprint density at radius 1 is 1.19 bits per heavy atom. The van der Waals surface area contributed by atoms with Crippen molar-refractivity contribution in [2.24, 2.45) is 0 Å². The Morgan fingerprint density at radius 2 is 1.94 bits per heavy atom. The second-order valence-electron chi connectivity index (χ2n) is 7.64. The number of carbonyl (C=O) groups excluding carboxylic acids is 1. The first kappa shape index (κ1) is 22.9. The highest BCUT2D eigenvalue weighted by molar-refractivity contribution is 7.89. The second kappa shape index (κ2) is 10.0. The van der Waals surface area contributed by atoms with Gasteiger partial charge in [-0.25, -0.2) is 13.1 Å². The molecule has 3 rings (SSSR count). The van der Waals surface area contributed by atoms with Gasteiger partial charge in [0, 0.05) is 13.6 Å². The minimum Gasteiger partial charge on any atom is -0.355 e. The summed E-state index contributed by atoms with van der Waals surface area (Å²) in [6.45, 7) is 4.33. The van der Waals surface area contributed by atoms with E-state index in [1.807, 2.05) is 37.3 Å². The van der Waals surface area contributed by atoms with E-state index in [1.54, 1.807) is 10.7 Å². The van der Waals surface area contributed by atoms with Gasteiger partial charge in [-0.3, -0.25) is 4.79 Å². The van der Waals surface area contributed by atoms with Crippen LogP contribution in [0.25, 0.3) is 11.0 Å². The van der Waals surface area contributed by atoms with Crippen LogP contribution >= 0.6 is 0 Å². The maximum Gasteiger partial charge on any atom is 0.243 e. The molecule has 9 heteroatoms. The van der Waals surface area contributed by atoms with Crippen LogP contribution < -0.4 is 5.32 Å². The monoisotopic (exact) mass is 443 g/mol. The average Bonchev–Trinajstić information content (AvgIpc) is 3.20. The Bertz CT molecular complexity index is 1130. The Labute approximate surface area is 183 Å². The number of hydrogen-bond donors (Lipinski definition) is 1. The first-order valence-corrected chi connectivity index (χ1v) is 11.9. The van der Waals surface area contributed by atoms with Crippen molar-refractivity contribution in [3.05, 3.63) is 54.1 Å². The highest BCUT2D eigenvalue weighted by Gasteiger charge is 2.24. The van der Waals surface area contributed by atoms with Crippen molar-refractivity contribution in [3.63, 3.8) is 0 Å². The number of rotatable bonds is 10. The standard InChI is InChI=1S/C22H29N5O3S/c1-4-17(2)27-21-13-12-19(15-20(21)24-25-27)31(29,30)26(3)16-22(28)23-14-8-11-18-9-6-5-7-10-18/h5-7,9-10,12-13,15,17H,4,8,11,14,16H2,1-3H3,(H,23,28)/t17-/m1/s1. The van der Waals surface area contributed by atoms with Crippen molar-refractivity contribution in [1.29, 1.82) is 0 Å². The number of aromatic nitrogens is 3. The number of sulfonamides is 1. The van der Waals surface area contributed by atoms with E-state index in [9.17, 15) is 13.2 Å². The van der Waals surface area contributed by atoms with E-state index in [4.69, 9.17) is 0 Å². The predicted octanol–water partition coefficient (Wildman–Crippen LogP) is 2.77. The summed E-state index contributed by atoms with van der Waals surface area (Å²) in [5.74, 6) is -0.331. The molecule has 0 aliphatic rings. The summed E-state index contributed by atoms with van der Waals surface area (Å²) in [7, 11) is -2.42. The van der Waals surface area contributed by atoms with Crippen molar-refractivity contribution < 1.29 is 13.2 Å². The Kier molecular flexibility index (Phi) is 7.40. The van der Waals surface area contributed by atoms with E-state index < -0.39 is 10.0 Å². The van der Waals surface area contributed by atoms with Crippen molar-refractivity contribution >= 4 is 27.0 Å². The van der Waals surface area contributed by atoms with Gasteiger partial charge in [0.1, 0.15) is 5.52 Å². The van der Waals surface area contributed by atoms with E-state index >= 15 is 0 Å². The average molecular weight is 444 g/mol. The fraction of sp³-hybridized carbons (Fsp3) is 0.409. The molecule has 1 atom stereocenters. The molecule has 1 aromatic heterocycles. The molecule has 1 heterocycles. The summed E-state index contributed by atoms with van der Waals surface area (Å²) in [4.78, 5) is 12.3. The summed E-state index contributed by atoms with van der Waals surface area (Å²) < 4.78 is 28.7. The number of carbonyl (C=O) groups is 1. The van der Waals surface area contributed by atoms with Gasteiger partial charge >= 0.3 is 0 Å². The molecular formula is C22H29N5O3S. The number of amides is 1. The van der Waals surface area contributed by atoms with Crippen molar-refractivity contribution in [2.75, 3.05) is 20.1 Å². The van der Waals surface area contributed by atoms with Gasteiger partial charge < -0.3 is 5.32 Å². The fourth-order valence-corrected chi connectivity index (χ4v) is 4.42. The zero-order chi connectivity index (χ0) is 22.4. The predicted molar refractivity (Wildman–Crippen MR) is 120 cm³/mol. The third-order valence-electron chi connectivity index (χ3n) is 5.33. The molecular weight excluding hydrogens is 414 g/mol. The molecule has 0 radical (unpaired) electrons. The van der Waals surface area contributed by atoms with E-state index in [2.05, 4.69) is 22.6 Å². The number of nitrogens with zero attached hydrogens (tertiary/aromatic N) is 4. The Hall–Kier alpha value is -2.78. The molecule has 1 N–H and O–H groups in total. The van der Waals surface area contributed by atoms with Crippen molar-refractivity contribution in [2.45, 2.75) is 44.0 Å². The lowest BCUT2D eigenvalue weighted by Crippen LogP contribution is -2.38. The molecule has 166 valence electrons. The van der Waals surface area contributed by atoms with Crippen molar-refractivity contribution in [1.82, 2.24) is 24.6 Å². The molecule has 0 aliphatic heterocycles. The zero-order valence-electron chi connectivity index (χ0n) is 18.2. The molecule has 1 amide bonds. The van der Waals surface area contributed by atoms with Crippen LogP contribution in [0.15, 0.2) is 53.4 Å². The first-order chi connectivity index (χ1) is 14.8. The minimum atomic E-state index is -3.82. The summed E-state index contributed by atoms with van der Waals surface area (Å²) in [5, 5.41) is 11.0. The number of fused-ring (bicyclic) bond motifs is 1. The minimum absolute atomic E-state index is 0.0931. The SMILES string of the molecule is CC[C@@H](C)n1nnc2cc(S(=O)(=O)N(C)CC(=O)NCCCc3ccccc3)ccc21. The molecule has 0 spiro atoms. The third kappa shape index (κ3) is 5.48. The van der Waals surface area contributed by atoms with Gasteiger partial charge in [-0.05, 0) is 49.9 Å². The van der Waals surface area contributed by atoms with Crippen LogP contribution in [0.5, 0.6) is 0 Å². The van der Waals surface area contributed by atoms with E-state index in [0.29, 0.717) is 12.1 Å². The number of hydrogen-bond acceptors (Lipinski definition) is 5. The molecule has 31 heavy (non-hydrogen) atoms. The molecule has 0 saturated heterocycles. The number of aryl methyl sites for hydroxylation is 1. The molecule has 8 nitrogen and oxygen atoms in total. The van der Waals surface area contributed by atoms with Crippen LogP contribution in [-0.2, 0) is 21.2 Å². The smallest absolute Gasteiger partial charge is 0.243 e. The van der Waals surface area contributed by atoms with Crippen LogP contribution in [0.2, 0.25) is 0 Å². The van der Waals surface area contributed by atoms with Gasteiger partial charge in [0.25, 0.3) is 0 Å². The number of benzene rings is 2. The molecule has 3 aromatic rings. The van der Waals surface area contributed by atoms with Gasteiger partial charge in [0.2, 0.25) is 15.9 Å². The molecule has 2 aromatic carbocycles. The Morgan fingerprint density at radius 3 is 2.65 bits per heavy atom. The van der Waals surface area contributed by atoms with Gasteiger partial charge in [-0.1, -0.05) is 42.5 Å². The molecule has 0 saturated carbocycles. The summed E-state index contributed by atoms with van der Waals surface area (Å²) in [6.07, 6.45) is 2.53. The van der Waals surface area contributed by atoms with Crippen LogP contribution in [0.4, 0.5) is 0 Å². The molecule has 0 aliphatic carbocycles. The lowest BCUT2D eigenvalue weighted by molar-refractivity contribution is -0.121. The normalized spacial score (nSPS) is 12.9. The maximum atomic E-state index is 12.9. The molecule has 0 unspecified atom stereocenters. The van der Waals surface area contributed by atoms with Gasteiger partial charge in [0.15, 0.2) is 0 Å². The Balaban J connectivity index is 1.58. The topological polar surface area (TPSA) is 97.2 Å². The molecule has 0 fully saturated rings. The number of likely N-dealkylation sites (N-methyl/N-ethyl adjacent to an activating group) is 1. The molecule has 0 bridgehead atoms. The zero-order valence-corrected chi connectivity index (χ0v) is 19.0. The van der Waals surface area contributed by atoms with Crippen molar-refractivity contribution in [3.8, 4) is 0 Å². The lowest BCUT2D eigenvalue weighted by Gasteiger charge is -2.17. The van der Waals surface area contributed by atoms with Crippen LogP contribution in [-0.4, -0.2) is 53.8 Å². The van der Waals surface area contributed by atoms with E-state index in [-0.39, 0.29) is 23.4 Å². The highest BCUT2D eigenvalue weighted by Crippen LogP contribution is 2.22. The van der Waals surface area contributed by atoms with Gasteiger partial charge in [-0.15, -0.1) is 5.10 Å². The van der Waals surface area contributed by atoms with E-state index in [1.165, 1.54) is 24.7 Å². The lowest BCUT2D eigenvalue weighted by atomic mass is 10.1. The van der Waals surface area contributed by atoms with Crippen LogP contribution in [0, 0.1) is 0 Å². The fourth-order valence-electron chi connectivity index (χ4n) is 3.27. The van der Waals surface area contributed by atoms with Crippen LogP contribution in [0.1, 0.15) is 38.3 Å². The third-order valence-corrected chi connectivity index (χ3v) is 7.13. The second-order valence-corrected chi connectivity index (χ2v) is 9.69. The largest absolute Gasteiger partial charge is 0.355 e. The summed E-state index contributed by atoms with van der Waals surface area (Å²) >= 11 is 0. The first-order valence-electron chi connectivity index (χ1n) is 10.4. The number of nitrogens with one attached hydrogen (secondary N) is 1. The van der Waals surface area contributed by atoms with Gasteiger partial charge in [0.05, 0.1) is 23.0 Å². The van der Waals surface area contributed by atoms with E-state index in [0.717, 1.165) is 29.1 Å². The quantitative estimate of drug-likeness (QED) is 0.486.